The molecule has 180 valence electrons. The van der Waals surface area contributed by atoms with Gasteiger partial charge in [0, 0.05) is 5.56 Å². The van der Waals surface area contributed by atoms with Crippen molar-refractivity contribution in [2.75, 3.05) is 20.0 Å². The highest BCUT2D eigenvalue weighted by Gasteiger charge is 2.14. The SMILES string of the molecule is COc1cc(C=NNC(=O)CSc2nc3ccccc3n2Cc2ccc(C)cc2)cc(OC)c1O. The number of amides is 1. The van der Waals surface area contributed by atoms with Crippen LogP contribution in [0.5, 0.6) is 17.2 Å². The lowest BCUT2D eigenvalue weighted by molar-refractivity contribution is -0.118. The maximum Gasteiger partial charge on any atom is 0.250 e. The van der Waals surface area contributed by atoms with Crippen LogP contribution in [0.3, 0.4) is 0 Å². The van der Waals surface area contributed by atoms with E-state index in [1.165, 1.54) is 37.8 Å². The Balaban J connectivity index is 1.44. The van der Waals surface area contributed by atoms with E-state index in [2.05, 4.69) is 46.3 Å². The summed E-state index contributed by atoms with van der Waals surface area (Å²) in [5.74, 6) is 0.288. The molecule has 0 spiro atoms. The van der Waals surface area contributed by atoms with E-state index in [1.54, 1.807) is 12.1 Å². The third-order valence-corrected chi connectivity index (χ3v) is 6.29. The number of nitrogens with one attached hydrogen (secondary N) is 1. The zero-order valence-corrected chi connectivity index (χ0v) is 20.5. The summed E-state index contributed by atoms with van der Waals surface area (Å²) >= 11 is 1.36. The molecular formula is C26H26N4O4S. The maximum absolute atomic E-state index is 12.5. The number of fused-ring (bicyclic) bond motifs is 1. The summed E-state index contributed by atoms with van der Waals surface area (Å²) < 4.78 is 12.4. The van der Waals surface area contributed by atoms with Crippen LogP contribution in [0.4, 0.5) is 0 Å². The van der Waals surface area contributed by atoms with E-state index in [4.69, 9.17) is 14.5 Å². The fourth-order valence-corrected chi connectivity index (χ4v) is 4.33. The molecule has 4 aromatic rings. The van der Waals surface area contributed by atoms with Gasteiger partial charge in [0.15, 0.2) is 16.7 Å². The molecule has 0 unspecified atom stereocenters. The van der Waals surface area contributed by atoms with Gasteiger partial charge in [0.2, 0.25) is 5.75 Å². The summed E-state index contributed by atoms with van der Waals surface area (Å²) in [6, 6.07) is 19.5. The van der Waals surface area contributed by atoms with Gasteiger partial charge in [-0.3, -0.25) is 4.79 Å². The molecule has 0 bridgehead atoms. The minimum absolute atomic E-state index is 0.0962. The average Bonchev–Trinajstić information content (AvgIpc) is 3.22. The Labute approximate surface area is 207 Å². The number of aryl methyl sites for hydroxylation is 1. The largest absolute Gasteiger partial charge is 0.502 e. The first-order valence-electron chi connectivity index (χ1n) is 10.9. The van der Waals surface area contributed by atoms with Crippen molar-refractivity contribution in [1.29, 1.82) is 0 Å². The van der Waals surface area contributed by atoms with Gasteiger partial charge in [-0.15, -0.1) is 0 Å². The number of imidazole rings is 1. The molecule has 9 heteroatoms. The van der Waals surface area contributed by atoms with Crippen molar-refractivity contribution in [3.8, 4) is 17.2 Å². The molecule has 1 amide bonds. The second-order valence-electron chi connectivity index (χ2n) is 7.81. The fourth-order valence-electron chi connectivity index (χ4n) is 3.52. The van der Waals surface area contributed by atoms with E-state index in [0.29, 0.717) is 12.1 Å². The van der Waals surface area contributed by atoms with Crippen LogP contribution in [0.25, 0.3) is 11.0 Å². The standard InChI is InChI=1S/C26H26N4O4S/c1-17-8-10-18(11-9-17)15-30-21-7-5-4-6-20(21)28-26(30)35-16-24(31)29-27-14-19-12-22(33-2)25(32)23(13-19)34-3/h4-14,32H,15-16H2,1-3H3,(H,29,31). The smallest absolute Gasteiger partial charge is 0.250 e. The van der Waals surface area contributed by atoms with Crippen LogP contribution < -0.4 is 14.9 Å². The monoisotopic (exact) mass is 490 g/mol. The molecule has 1 aromatic heterocycles. The molecule has 0 saturated heterocycles. The Morgan fingerprint density at radius 2 is 1.80 bits per heavy atom. The van der Waals surface area contributed by atoms with Crippen molar-refractivity contribution in [2.45, 2.75) is 18.6 Å². The molecule has 1 heterocycles. The molecule has 4 rings (SSSR count). The number of aromatic hydroxyl groups is 1. The van der Waals surface area contributed by atoms with Crippen molar-refractivity contribution < 1.29 is 19.4 Å². The molecule has 0 radical (unpaired) electrons. The van der Waals surface area contributed by atoms with Crippen molar-refractivity contribution in [3.05, 3.63) is 77.4 Å². The topological polar surface area (TPSA) is 98.0 Å². The zero-order chi connectivity index (χ0) is 24.8. The van der Waals surface area contributed by atoms with Gasteiger partial charge in [0.1, 0.15) is 0 Å². The Kier molecular flexibility index (Phi) is 7.57. The number of thioether (sulfide) groups is 1. The highest BCUT2D eigenvalue weighted by atomic mass is 32.2. The summed E-state index contributed by atoms with van der Waals surface area (Å²) in [5, 5.41) is 14.8. The lowest BCUT2D eigenvalue weighted by Crippen LogP contribution is -2.20. The number of carbonyl (C=O) groups excluding carboxylic acids is 1. The van der Waals surface area contributed by atoms with Crippen LogP contribution >= 0.6 is 11.8 Å². The van der Waals surface area contributed by atoms with Gasteiger partial charge in [-0.25, -0.2) is 10.4 Å². The van der Waals surface area contributed by atoms with E-state index < -0.39 is 0 Å². The minimum Gasteiger partial charge on any atom is -0.502 e. The predicted octanol–water partition coefficient (Wildman–Crippen LogP) is 4.36. The van der Waals surface area contributed by atoms with E-state index in [1.807, 2.05) is 24.3 Å². The minimum atomic E-state index is -0.266. The highest BCUT2D eigenvalue weighted by Crippen LogP contribution is 2.36. The number of rotatable bonds is 9. The first-order valence-corrected chi connectivity index (χ1v) is 11.9. The first kappa shape index (κ1) is 24.2. The molecular weight excluding hydrogens is 464 g/mol. The quantitative estimate of drug-likeness (QED) is 0.206. The van der Waals surface area contributed by atoms with Crippen LogP contribution in [0.2, 0.25) is 0 Å². The number of hydrazone groups is 1. The molecule has 0 atom stereocenters. The van der Waals surface area contributed by atoms with Crippen LogP contribution in [0.15, 0.2) is 70.9 Å². The highest BCUT2D eigenvalue weighted by molar-refractivity contribution is 7.99. The fraction of sp³-hybridized carbons (Fsp3) is 0.192. The summed E-state index contributed by atoms with van der Waals surface area (Å²) in [6.07, 6.45) is 1.46. The molecule has 3 aromatic carbocycles. The number of aromatic nitrogens is 2. The van der Waals surface area contributed by atoms with E-state index in [0.717, 1.165) is 21.8 Å². The Bertz CT molecular complexity index is 1340. The number of methoxy groups -OCH3 is 2. The van der Waals surface area contributed by atoms with Crippen molar-refractivity contribution in [2.24, 2.45) is 5.10 Å². The van der Waals surface area contributed by atoms with Gasteiger partial charge in [-0.1, -0.05) is 53.7 Å². The van der Waals surface area contributed by atoms with Crippen LogP contribution in [-0.2, 0) is 11.3 Å². The van der Waals surface area contributed by atoms with Crippen LogP contribution in [-0.4, -0.2) is 46.8 Å². The molecule has 35 heavy (non-hydrogen) atoms. The maximum atomic E-state index is 12.5. The van der Waals surface area contributed by atoms with Gasteiger partial charge in [0.25, 0.3) is 5.91 Å². The third-order valence-electron chi connectivity index (χ3n) is 5.32. The number of benzene rings is 3. The normalized spacial score (nSPS) is 11.2. The molecule has 0 fully saturated rings. The van der Waals surface area contributed by atoms with E-state index in [-0.39, 0.29) is 28.9 Å². The molecule has 2 N–H and O–H groups in total. The zero-order valence-electron chi connectivity index (χ0n) is 19.7. The lowest BCUT2D eigenvalue weighted by Gasteiger charge is -2.09. The number of hydrogen-bond donors (Lipinski definition) is 2. The molecule has 0 aliphatic carbocycles. The molecule has 8 nitrogen and oxygen atoms in total. The lowest BCUT2D eigenvalue weighted by atomic mass is 10.1. The number of nitrogens with zero attached hydrogens (tertiary/aromatic N) is 3. The first-order chi connectivity index (χ1) is 17.0. The van der Waals surface area contributed by atoms with E-state index >= 15 is 0 Å². The number of ether oxygens (including phenoxy) is 2. The van der Waals surface area contributed by atoms with Gasteiger partial charge < -0.3 is 19.1 Å². The third kappa shape index (κ3) is 5.75. The molecule has 0 aliphatic rings. The Morgan fingerprint density at radius 1 is 1.11 bits per heavy atom. The van der Waals surface area contributed by atoms with Crippen LogP contribution in [0.1, 0.15) is 16.7 Å². The predicted molar refractivity (Wildman–Crippen MR) is 138 cm³/mol. The Hall–Kier alpha value is -3.98. The Morgan fingerprint density at radius 3 is 2.49 bits per heavy atom. The van der Waals surface area contributed by atoms with Crippen molar-refractivity contribution in [3.63, 3.8) is 0 Å². The number of carbonyl (C=O) groups is 1. The van der Waals surface area contributed by atoms with Crippen molar-refractivity contribution in [1.82, 2.24) is 15.0 Å². The number of phenolic OH excluding ortho intramolecular Hbond substituents is 1. The summed E-state index contributed by atoms with van der Waals surface area (Å²) in [5.41, 5.74) is 7.40. The summed E-state index contributed by atoms with van der Waals surface area (Å²) in [4.78, 5) is 17.2. The average molecular weight is 491 g/mol. The molecule has 0 saturated carbocycles. The molecule has 0 aliphatic heterocycles. The second kappa shape index (κ2) is 11.0. The van der Waals surface area contributed by atoms with Gasteiger partial charge in [-0.05, 0) is 36.8 Å². The number of phenols is 1. The van der Waals surface area contributed by atoms with E-state index in [9.17, 15) is 9.90 Å². The van der Waals surface area contributed by atoms with Crippen molar-refractivity contribution >= 4 is 34.9 Å². The van der Waals surface area contributed by atoms with Gasteiger partial charge in [-0.2, -0.15) is 5.10 Å². The van der Waals surface area contributed by atoms with Gasteiger partial charge >= 0.3 is 0 Å². The van der Waals surface area contributed by atoms with Crippen LogP contribution in [0, 0.1) is 6.92 Å². The summed E-state index contributed by atoms with van der Waals surface area (Å²) in [7, 11) is 2.89. The second-order valence-corrected chi connectivity index (χ2v) is 8.75. The number of para-hydroxylation sites is 2. The number of hydrogen-bond acceptors (Lipinski definition) is 7. The summed E-state index contributed by atoms with van der Waals surface area (Å²) in [6.45, 7) is 2.72. The van der Waals surface area contributed by atoms with Gasteiger partial charge in [0.05, 0.1) is 43.8 Å².